The molecule has 0 bridgehead atoms. The van der Waals surface area contributed by atoms with Crippen LogP contribution in [0.4, 0.5) is 0 Å². The van der Waals surface area contributed by atoms with Crippen molar-refractivity contribution >= 4 is 34.2 Å². The van der Waals surface area contributed by atoms with E-state index in [1.54, 1.807) is 12.4 Å². The topological polar surface area (TPSA) is 30.7 Å². The van der Waals surface area contributed by atoms with Crippen LogP contribution in [-0.4, -0.2) is 14.5 Å². The third-order valence-corrected chi connectivity index (χ3v) is 3.53. The highest BCUT2D eigenvalue weighted by Crippen LogP contribution is 2.26. The first-order valence-electron chi connectivity index (χ1n) is 5.84. The summed E-state index contributed by atoms with van der Waals surface area (Å²) in [5, 5.41) is 0.692. The maximum absolute atomic E-state index is 6.10. The number of rotatable bonds is 2. The molecule has 0 radical (unpaired) electrons. The molecule has 2 aromatic heterocycles. The van der Waals surface area contributed by atoms with Crippen molar-refractivity contribution in [2.24, 2.45) is 0 Å². The van der Waals surface area contributed by atoms with Gasteiger partial charge >= 0.3 is 0 Å². The van der Waals surface area contributed by atoms with Gasteiger partial charge in [0.05, 0.1) is 23.3 Å². The van der Waals surface area contributed by atoms with Gasteiger partial charge in [-0.3, -0.25) is 9.55 Å². The van der Waals surface area contributed by atoms with Crippen LogP contribution in [-0.2, 0) is 5.88 Å². The fraction of sp³-hybridized carbons (Fsp3) is 0.143. The molecule has 3 nitrogen and oxygen atoms in total. The second kappa shape index (κ2) is 4.83. The van der Waals surface area contributed by atoms with Crippen LogP contribution in [0, 0.1) is 6.92 Å². The van der Waals surface area contributed by atoms with Crippen molar-refractivity contribution in [3.63, 3.8) is 0 Å². The molecule has 0 aliphatic rings. The molecule has 0 aliphatic heterocycles. The fourth-order valence-corrected chi connectivity index (χ4v) is 2.51. The third-order valence-electron chi connectivity index (χ3n) is 3.06. The van der Waals surface area contributed by atoms with Crippen molar-refractivity contribution < 1.29 is 0 Å². The quantitative estimate of drug-likeness (QED) is 0.665. The summed E-state index contributed by atoms with van der Waals surface area (Å²) < 4.78 is 2.03. The summed E-state index contributed by atoms with van der Waals surface area (Å²) in [6.45, 7) is 2.04. The lowest BCUT2D eigenvalue weighted by molar-refractivity contribution is 0.972. The van der Waals surface area contributed by atoms with Gasteiger partial charge in [0, 0.05) is 11.2 Å². The Kier molecular flexibility index (Phi) is 3.17. The monoisotopic (exact) mass is 291 g/mol. The summed E-state index contributed by atoms with van der Waals surface area (Å²) >= 11 is 12.1. The van der Waals surface area contributed by atoms with Crippen molar-refractivity contribution in [1.82, 2.24) is 14.5 Å². The molecule has 1 aromatic carbocycles. The normalized spacial score (nSPS) is 11.1. The van der Waals surface area contributed by atoms with Gasteiger partial charge in [-0.05, 0) is 30.7 Å². The average molecular weight is 292 g/mol. The largest absolute Gasteiger partial charge is 0.295 e. The molecule has 2 heterocycles. The predicted octanol–water partition coefficient (Wildman–Crippen LogP) is 4.12. The Morgan fingerprint density at radius 3 is 2.89 bits per heavy atom. The Balaban J connectivity index is 2.37. The molecule has 0 N–H and O–H groups in total. The number of aromatic nitrogens is 3. The van der Waals surface area contributed by atoms with Crippen LogP contribution in [0.15, 0.2) is 36.7 Å². The summed E-state index contributed by atoms with van der Waals surface area (Å²) in [5.41, 5.74) is 3.93. The van der Waals surface area contributed by atoms with E-state index in [4.69, 9.17) is 23.2 Å². The summed E-state index contributed by atoms with van der Waals surface area (Å²) in [6, 6.07) is 7.72. The number of benzene rings is 1. The van der Waals surface area contributed by atoms with E-state index in [0.29, 0.717) is 10.9 Å². The van der Waals surface area contributed by atoms with E-state index < -0.39 is 0 Å². The van der Waals surface area contributed by atoms with Crippen LogP contribution in [0.1, 0.15) is 11.4 Å². The van der Waals surface area contributed by atoms with Gasteiger partial charge in [-0.25, -0.2) is 4.98 Å². The summed E-state index contributed by atoms with van der Waals surface area (Å²) in [7, 11) is 0. The first-order chi connectivity index (χ1) is 9.20. The molecule has 19 heavy (non-hydrogen) atoms. The lowest BCUT2D eigenvalue weighted by Crippen LogP contribution is -2.01. The van der Waals surface area contributed by atoms with E-state index >= 15 is 0 Å². The highest BCUT2D eigenvalue weighted by Gasteiger charge is 2.13. The molecule has 3 rings (SSSR count). The van der Waals surface area contributed by atoms with Crippen molar-refractivity contribution in [1.29, 1.82) is 0 Å². The maximum atomic E-state index is 6.10. The minimum Gasteiger partial charge on any atom is -0.295 e. The Morgan fingerprint density at radius 2 is 2.11 bits per heavy atom. The first-order valence-corrected chi connectivity index (χ1v) is 6.76. The average Bonchev–Trinajstić information content (AvgIpc) is 2.80. The van der Waals surface area contributed by atoms with Gasteiger partial charge in [0.2, 0.25) is 0 Å². The zero-order valence-corrected chi connectivity index (χ0v) is 11.8. The number of hydrogen-bond donors (Lipinski definition) is 0. The van der Waals surface area contributed by atoms with Gasteiger partial charge in [-0.2, -0.15) is 0 Å². The number of fused-ring (bicyclic) bond motifs is 1. The molecular weight excluding hydrogens is 281 g/mol. The highest BCUT2D eigenvalue weighted by molar-refractivity contribution is 6.30. The van der Waals surface area contributed by atoms with Crippen LogP contribution in [0.25, 0.3) is 16.7 Å². The van der Waals surface area contributed by atoms with Crippen LogP contribution in [0.2, 0.25) is 5.02 Å². The molecule has 0 fully saturated rings. The Labute approximate surface area is 120 Å². The van der Waals surface area contributed by atoms with Gasteiger partial charge < -0.3 is 0 Å². The van der Waals surface area contributed by atoms with Crippen LogP contribution in [0.3, 0.4) is 0 Å². The highest BCUT2D eigenvalue weighted by atomic mass is 35.5. The zero-order chi connectivity index (χ0) is 13.4. The zero-order valence-electron chi connectivity index (χ0n) is 10.3. The number of hydrogen-bond acceptors (Lipinski definition) is 2. The minimum absolute atomic E-state index is 0.334. The Bertz CT molecular complexity index is 750. The molecule has 3 aromatic rings. The van der Waals surface area contributed by atoms with Gasteiger partial charge in [0.15, 0.2) is 0 Å². The minimum atomic E-state index is 0.334. The van der Waals surface area contributed by atoms with Gasteiger partial charge in [-0.15, -0.1) is 11.6 Å². The van der Waals surface area contributed by atoms with E-state index in [0.717, 1.165) is 28.1 Å². The number of alkyl halides is 1. The Morgan fingerprint density at radius 1 is 1.26 bits per heavy atom. The number of imidazole rings is 1. The van der Waals surface area contributed by atoms with Crippen LogP contribution < -0.4 is 0 Å². The SMILES string of the molecule is Cc1ccc(Cl)cc1-n1c(CCl)nc2cnccc21. The maximum Gasteiger partial charge on any atom is 0.129 e. The molecule has 0 aliphatic carbocycles. The fourth-order valence-electron chi connectivity index (χ4n) is 2.16. The van der Waals surface area contributed by atoms with E-state index in [9.17, 15) is 0 Å². The predicted molar refractivity (Wildman–Crippen MR) is 78.2 cm³/mol. The second-order valence-electron chi connectivity index (χ2n) is 4.29. The van der Waals surface area contributed by atoms with E-state index in [2.05, 4.69) is 9.97 Å². The molecule has 0 saturated carbocycles. The molecule has 5 heteroatoms. The Hall–Kier alpha value is -1.58. The molecule has 0 saturated heterocycles. The van der Waals surface area contributed by atoms with E-state index in [1.807, 2.05) is 35.8 Å². The molecule has 0 amide bonds. The number of aryl methyl sites for hydroxylation is 1. The summed E-state index contributed by atoms with van der Waals surface area (Å²) in [4.78, 5) is 8.59. The van der Waals surface area contributed by atoms with Crippen molar-refractivity contribution in [3.8, 4) is 5.69 Å². The lowest BCUT2D eigenvalue weighted by Gasteiger charge is -2.11. The number of nitrogens with zero attached hydrogens (tertiary/aromatic N) is 3. The van der Waals surface area contributed by atoms with Gasteiger partial charge in [0.1, 0.15) is 11.3 Å². The summed E-state index contributed by atoms with van der Waals surface area (Å²) in [6.07, 6.45) is 3.49. The van der Waals surface area contributed by atoms with Crippen LogP contribution >= 0.6 is 23.2 Å². The number of pyridine rings is 1. The molecule has 0 spiro atoms. The van der Waals surface area contributed by atoms with Gasteiger partial charge in [0.25, 0.3) is 0 Å². The molecular formula is C14H11Cl2N3. The summed E-state index contributed by atoms with van der Waals surface area (Å²) in [5.74, 6) is 1.12. The van der Waals surface area contributed by atoms with E-state index in [1.165, 1.54) is 0 Å². The van der Waals surface area contributed by atoms with Crippen molar-refractivity contribution in [2.75, 3.05) is 0 Å². The molecule has 0 unspecified atom stereocenters. The second-order valence-corrected chi connectivity index (χ2v) is 5.00. The lowest BCUT2D eigenvalue weighted by atomic mass is 10.2. The first kappa shape index (κ1) is 12.5. The molecule has 96 valence electrons. The smallest absolute Gasteiger partial charge is 0.129 e. The van der Waals surface area contributed by atoms with Crippen molar-refractivity contribution in [2.45, 2.75) is 12.8 Å². The van der Waals surface area contributed by atoms with Gasteiger partial charge in [-0.1, -0.05) is 17.7 Å². The van der Waals surface area contributed by atoms with Crippen molar-refractivity contribution in [3.05, 3.63) is 53.1 Å². The van der Waals surface area contributed by atoms with Crippen LogP contribution in [0.5, 0.6) is 0 Å². The standard InChI is InChI=1S/C14H11Cl2N3/c1-9-2-3-10(16)6-13(9)19-12-4-5-17-8-11(12)18-14(19)7-15/h2-6,8H,7H2,1H3. The van der Waals surface area contributed by atoms with E-state index in [-0.39, 0.29) is 0 Å². The third kappa shape index (κ3) is 2.09. The molecule has 0 atom stereocenters. The number of halogens is 2.